The Morgan fingerprint density at radius 3 is 2.35 bits per heavy atom. The summed E-state index contributed by atoms with van der Waals surface area (Å²) in [6, 6.07) is 7.36. The van der Waals surface area contributed by atoms with E-state index in [0.717, 1.165) is 6.42 Å². The molecule has 0 aliphatic heterocycles. The molecule has 1 aromatic rings. The van der Waals surface area contributed by atoms with Crippen molar-refractivity contribution in [1.82, 2.24) is 0 Å². The third-order valence-corrected chi connectivity index (χ3v) is 2.99. The Morgan fingerprint density at radius 1 is 1.12 bits per heavy atom. The van der Waals surface area contributed by atoms with Crippen LogP contribution in [0.3, 0.4) is 0 Å². The van der Waals surface area contributed by atoms with Crippen LogP contribution in [0.1, 0.15) is 44.6 Å². The molecule has 1 unspecified atom stereocenters. The van der Waals surface area contributed by atoms with Crippen LogP contribution < -0.4 is 4.18 Å². The topological polar surface area (TPSA) is 46.5 Å². The van der Waals surface area contributed by atoms with E-state index >= 15 is 0 Å². The molecule has 1 aromatic carbocycles. The molecule has 0 saturated carbocycles. The van der Waals surface area contributed by atoms with Gasteiger partial charge in [0.1, 0.15) is 5.75 Å². The molecule has 0 spiro atoms. The van der Waals surface area contributed by atoms with Crippen molar-refractivity contribution in [3.63, 3.8) is 0 Å². The number of benzene rings is 1. The van der Waals surface area contributed by atoms with Gasteiger partial charge in [-0.1, -0.05) is 44.7 Å². The smallest absolute Gasteiger partial charge is 0.357 e. The Labute approximate surface area is 106 Å². The van der Waals surface area contributed by atoms with Crippen LogP contribution in [0.25, 0.3) is 0 Å². The molecule has 1 N–H and O–H groups in total. The largest absolute Gasteiger partial charge is 0.380 e. The van der Waals surface area contributed by atoms with Gasteiger partial charge in [0.2, 0.25) is 0 Å². The standard InChI is InChI=1S/C13H20O3S/c1-2-3-4-5-6-7-12-8-10-13(11-9-12)16-17(14)15/h8-11H,2-7H2,1H3,(H,14,15). The van der Waals surface area contributed by atoms with E-state index in [9.17, 15) is 4.21 Å². The molecule has 17 heavy (non-hydrogen) atoms. The van der Waals surface area contributed by atoms with Gasteiger partial charge in [0.25, 0.3) is 0 Å². The van der Waals surface area contributed by atoms with Crippen molar-refractivity contribution < 1.29 is 12.9 Å². The third kappa shape index (κ3) is 6.44. The molecule has 3 nitrogen and oxygen atoms in total. The monoisotopic (exact) mass is 256 g/mol. The fourth-order valence-electron chi connectivity index (χ4n) is 1.73. The number of hydrogen-bond acceptors (Lipinski definition) is 2. The van der Waals surface area contributed by atoms with Crippen LogP contribution in [-0.2, 0) is 17.8 Å². The summed E-state index contributed by atoms with van der Waals surface area (Å²) in [5, 5.41) is 0. The molecule has 0 fully saturated rings. The fourth-order valence-corrected chi connectivity index (χ4v) is 2.00. The maximum Gasteiger partial charge on any atom is 0.357 e. The lowest BCUT2D eigenvalue weighted by molar-refractivity contribution is 0.458. The summed E-state index contributed by atoms with van der Waals surface area (Å²) in [6.45, 7) is 2.21. The van der Waals surface area contributed by atoms with Gasteiger partial charge in [0.15, 0.2) is 0 Å². The molecule has 1 atom stereocenters. The molecule has 96 valence electrons. The molecular weight excluding hydrogens is 236 g/mol. The summed E-state index contributed by atoms with van der Waals surface area (Å²) in [7, 11) is 0. The normalized spacial score (nSPS) is 12.4. The molecule has 4 heteroatoms. The minimum Gasteiger partial charge on any atom is -0.380 e. The van der Waals surface area contributed by atoms with E-state index in [1.54, 1.807) is 12.1 Å². The van der Waals surface area contributed by atoms with Gasteiger partial charge in [-0.05, 0) is 30.5 Å². The first-order valence-corrected chi connectivity index (χ1v) is 7.13. The Balaban J connectivity index is 2.28. The first kappa shape index (κ1) is 14.2. The second kappa shape index (κ2) is 8.25. The first-order chi connectivity index (χ1) is 8.22. The lowest BCUT2D eigenvalue weighted by atomic mass is 10.1. The van der Waals surface area contributed by atoms with Crippen molar-refractivity contribution in [3.8, 4) is 5.75 Å². The van der Waals surface area contributed by atoms with Gasteiger partial charge in [-0.2, -0.15) is 4.21 Å². The number of unbranched alkanes of at least 4 members (excludes halogenated alkanes) is 4. The molecule has 0 heterocycles. The summed E-state index contributed by atoms with van der Waals surface area (Å²) in [6.07, 6.45) is 7.42. The molecule has 1 rings (SSSR count). The maximum absolute atomic E-state index is 10.4. The quantitative estimate of drug-likeness (QED) is 0.569. The Hall–Kier alpha value is -0.870. The first-order valence-electron chi connectivity index (χ1n) is 6.10. The van der Waals surface area contributed by atoms with Crippen molar-refractivity contribution in [1.29, 1.82) is 0 Å². The molecule has 0 amide bonds. The van der Waals surface area contributed by atoms with Crippen LogP contribution in [0.2, 0.25) is 0 Å². The summed E-state index contributed by atoms with van der Waals surface area (Å²) in [4.78, 5) is 0. The number of aryl methyl sites for hydroxylation is 1. The highest BCUT2D eigenvalue weighted by Gasteiger charge is 1.99. The maximum atomic E-state index is 10.4. The van der Waals surface area contributed by atoms with Gasteiger partial charge in [0.05, 0.1) is 0 Å². The van der Waals surface area contributed by atoms with Crippen LogP contribution in [0.15, 0.2) is 24.3 Å². The van der Waals surface area contributed by atoms with Crippen LogP contribution in [0.4, 0.5) is 0 Å². The van der Waals surface area contributed by atoms with Crippen LogP contribution in [-0.4, -0.2) is 8.76 Å². The third-order valence-electron chi connectivity index (χ3n) is 2.66. The van der Waals surface area contributed by atoms with E-state index in [0.29, 0.717) is 5.75 Å². The summed E-state index contributed by atoms with van der Waals surface area (Å²) in [5.74, 6) is 0.431. The van der Waals surface area contributed by atoms with E-state index in [-0.39, 0.29) is 0 Å². The van der Waals surface area contributed by atoms with Gasteiger partial charge in [-0.25, -0.2) is 0 Å². The van der Waals surface area contributed by atoms with Gasteiger partial charge >= 0.3 is 11.4 Å². The SMILES string of the molecule is CCCCCCCc1ccc(OS(=O)O)cc1. The van der Waals surface area contributed by atoms with Crippen molar-refractivity contribution >= 4 is 11.4 Å². The lowest BCUT2D eigenvalue weighted by Gasteiger charge is -2.03. The zero-order valence-electron chi connectivity index (χ0n) is 10.2. The van der Waals surface area contributed by atoms with E-state index in [1.165, 1.54) is 37.7 Å². The van der Waals surface area contributed by atoms with Crippen molar-refractivity contribution in [3.05, 3.63) is 29.8 Å². The Kier molecular flexibility index (Phi) is 6.89. The van der Waals surface area contributed by atoms with Crippen LogP contribution in [0.5, 0.6) is 5.75 Å². The second-order valence-electron chi connectivity index (χ2n) is 4.11. The van der Waals surface area contributed by atoms with Gasteiger partial charge in [0, 0.05) is 0 Å². The minimum absolute atomic E-state index is 0.431. The predicted molar refractivity (Wildman–Crippen MR) is 70.3 cm³/mol. The fraction of sp³-hybridized carbons (Fsp3) is 0.538. The van der Waals surface area contributed by atoms with Gasteiger partial charge in [-0.3, -0.25) is 4.55 Å². The lowest BCUT2D eigenvalue weighted by Crippen LogP contribution is -1.97. The second-order valence-corrected chi connectivity index (χ2v) is 4.71. The molecule has 0 radical (unpaired) electrons. The summed E-state index contributed by atoms with van der Waals surface area (Å²) >= 11 is -2.23. The molecule has 0 aliphatic rings. The van der Waals surface area contributed by atoms with Crippen molar-refractivity contribution in [2.24, 2.45) is 0 Å². The van der Waals surface area contributed by atoms with E-state index in [1.807, 2.05) is 12.1 Å². The average Bonchev–Trinajstić information content (AvgIpc) is 2.30. The van der Waals surface area contributed by atoms with E-state index < -0.39 is 11.4 Å². The van der Waals surface area contributed by atoms with E-state index in [4.69, 9.17) is 4.55 Å². The van der Waals surface area contributed by atoms with Gasteiger partial charge < -0.3 is 4.18 Å². The molecule has 0 aliphatic carbocycles. The molecule has 0 saturated heterocycles. The average molecular weight is 256 g/mol. The highest BCUT2D eigenvalue weighted by Crippen LogP contribution is 2.15. The number of rotatable bonds is 8. The summed E-state index contributed by atoms with van der Waals surface area (Å²) in [5.41, 5.74) is 1.25. The van der Waals surface area contributed by atoms with Crippen LogP contribution >= 0.6 is 0 Å². The van der Waals surface area contributed by atoms with Crippen molar-refractivity contribution in [2.45, 2.75) is 45.4 Å². The van der Waals surface area contributed by atoms with Crippen molar-refractivity contribution in [2.75, 3.05) is 0 Å². The molecule has 0 aromatic heterocycles. The molecule has 0 bridgehead atoms. The molecular formula is C13H20O3S. The minimum atomic E-state index is -2.23. The van der Waals surface area contributed by atoms with Gasteiger partial charge in [-0.15, -0.1) is 0 Å². The number of hydrogen-bond donors (Lipinski definition) is 1. The van der Waals surface area contributed by atoms with E-state index in [2.05, 4.69) is 11.1 Å². The Morgan fingerprint density at radius 2 is 1.76 bits per heavy atom. The Bertz CT molecular complexity index is 335. The predicted octanol–water partition coefficient (Wildman–Crippen LogP) is 3.72. The highest BCUT2D eigenvalue weighted by molar-refractivity contribution is 7.74. The van der Waals surface area contributed by atoms with Crippen LogP contribution in [0, 0.1) is 0 Å². The highest BCUT2D eigenvalue weighted by atomic mass is 32.2. The zero-order valence-corrected chi connectivity index (χ0v) is 11.0. The summed E-state index contributed by atoms with van der Waals surface area (Å²) < 4.78 is 23.6. The zero-order chi connectivity index (χ0) is 12.5.